The van der Waals surface area contributed by atoms with Crippen LogP contribution < -0.4 is 10.6 Å². The average molecular weight is 334 g/mol. The zero-order valence-corrected chi connectivity index (χ0v) is 13.0. The van der Waals surface area contributed by atoms with Crippen molar-refractivity contribution in [3.8, 4) is 0 Å². The Morgan fingerprint density at radius 2 is 2.15 bits per heavy atom. The van der Waals surface area contributed by atoms with Gasteiger partial charge in [-0.05, 0) is 43.7 Å². The third-order valence-corrected chi connectivity index (χ3v) is 3.75. The molecule has 104 valence electrons. The van der Waals surface area contributed by atoms with Gasteiger partial charge in [-0.2, -0.15) is 0 Å². The van der Waals surface area contributed by atoms with Crippen molar-refractivity contribution in [2.45, 2.75) is 13.8 Å². The van der Waals surface area contributed by atoms with Crippen LogP contribution in [0.5, 0.6) is 0 Å². The minimum absolute atomic E-state index is 0.217. The second-order valence-electron chi connectivity index (χ2n) is 4.33. The van der Waals surface area contributed by atoms with E-state index in [1.165, 1.54) is 0 Å². The number of nitrogens with one attached hydrogen (secondary N) is 2. The topological polar surface area (TPSA) is 54.0 Å². The molecular weight excluding hydrogens is 318 g/mol. The third-order valence-electron chi connectivity index (χ3n) is 2.89. The van der Waals surface area contributed by atoms with E-state index in [2.05, 4.69) is 31.5 Å². The van der Waals surface area contributed by atoms with Gasteiger partial charge in [0.2, 0.25) is 0 Å². The summed E-state index contributed by atoms with van der Waals surface area (Å²) in [5.41, 5.74) is 3.05. The minimum atomic E-state index is -0.217. The molecule has 0 spiro atoms. The van der Waals surface area contributed by atoms with Crippen LogP contribution in [0.3, 0.4) is 0 Å². The zero-order valence-electron chi connectivity index (χ0n) is 11.4. The molecule has 2 rings (SSSR count). The van der Waals surface area contributed by atoms with E-state index in [1.54, 1.807) is 12.3 Å². The fraction of sp³-hybridized carbons (Fsp3) is 0.200. The van der Waals surface area contributed by atoms with E-state index >= 15 is 0 Å². The average Bonchev–Trinajstić information content (AvgIpc) is 2.44. The van der Waals surface area contributed by atoms with Crippen molar-refractivity contribution in [3.63, 3.8) is 0 Å². The van der Waals surface area contributed by atoms with Crippen molar-refractivity contribution >= 4 is 33.2 Å². The summed E-state index contributed by atoms with van der Waals surface area (Å²) >= 11 is 3.45. The molecule has 0 unspecified atom stereocenters. The molecule has 1 heterocycles. The highest BCUT2D eigenvalue weighted by Gasteiger charge is 2.10. The van der Waals surface area contributed by atoms with E-state index in [0.717, 1.165) is 28.0 Å². The van der Waals surface area contributed by atoms with Gasteiger partial charge in [-0.1, -0.05) is 22.0 Å². The van der Waals surface area contributed by atoms with Gasteiger partial charge >= 0.3 is 0 Å². The van der Waals surface area contributed by atoms with E-state index in [-0.39, 0.29) is 5.91 Å². The van der Waals surface area contributed by atoms with Crippen LogP contribution in [0.4, 0.5) is 11.4 Å². The Bertz CT molecular complexity index is 628. The number of carbonyl (C=O) groups is 1. The summed E-state index contributed by atoms with van der Waals surface area (Å²) in [6.45, 7) is 4.75. The Morgan fingerprint density at radius 1 is 1.35 bits per heavy atom. The van der Waals surface area contributed by atoms with E-state index in [4.69, 9.17) is 0 Å². The fourth-order valence-corrected chi connectivity index (χ4v) is 2.16. The molecule has 0 aliphatic carbocycles. The van der Waals surface area contributed by atoms with Gasteiger partial charge in [0.1, 0.15) is 5.69 Å². The van der Waals surface area contributed by atoms with Crippen LogP contribution in [0.15, 0.2) is 41.0 Å². The van der Waals surface area contributed by atoms with E-state index in [1.807, 2.05) is 38.1 Å². The molecule has 1 amide bonds. The first-order valence-corrected chi connectivity index (χ1v) is 7.17. The second kappa shape index (κ2) is 6.52. The Morgan fingerprint density at radius 3 is 2.90 bits per heavy atom. The molecule has 1 aromatic carbocycles. The predicted octanol–water partition coefficient (Wildman–Crippen LogP) is 3.84. The van der Waals surface area contributed by atoms with Crippen molar-refractivity contribution in [2.24, 2.45) is 0 Å². The molecule has 20 heavy (non-hydrogen) atoms. The fourth-order valence-electron chi connectivity index (χ4n) is 1.80. The number of hydrogen-bond acceptors (Lipinski definition) is 3. The summed E-state index contributed by atoms with van der Waals surface area (Å²) in [5.74, 6) is -0.217. The Balaban J connectivity index is 2.19. The first-order valence-electron chi connectivity index (χ1n) is 6.38. The van der Waals surface area contributed by atoms with Crippen molar-refractivity contribution < 1.29 is 4.79 Å². The highest BCUT2D eigenvalue weighted by Crippen LogP contribution is 2.23. The quantitative estimate of drug-likeness (QED) is 0.893. The number of halogens is 1. The summed E-state index contributed by atoms with van der Waals surface area (Å²) in [5, 5.41) is 6.04. The maximum absolute atomic E-state index is 12.2. The molecule has 5 heteroatoms. The van der Waals surface area contributed by atoms with Crippen LogP contribution in [0.1, 0.15) is 23.0 Å². The summed E-state index contributed by atoms with van der Waals surface area (Å²) in [6.07, 6.45) is 1.63. The van der Waals surface area contributed by atoms with Gasteiger partial charge in [-0.15, -0.1) is 0 Å². The van der Waals surface area contributed by atoms with Crippen LogP contribution in [0, 0.1) is 6.92 Å². The normalized spacial score (nSPS) is 10.2. The van der Waals surface area contributed by atoms with Crippen molar-refractivity contribution in [3.05, 3.63) is 52.3 Å². The molecule has 2 aromatic rings. The molecule has 0 radical (unpaired) electrons. The Hall–Kier alpha value is -1.88. The smallest absolute Gasteiger partial charge is 0.274 e. The first kappa shape index (κ1) is 14.5. The molecular formula is C15H16BrN3O. The van der Waals surface area contributed by atoms with Crippen LogP contribution >= 0.6 is 15.9 Å². The number of amides is 1. The van der Waals surface area contributed by atoms with Gasteiger partial charge in [-0.25, -0.2) is 0 Å². The van der Waals surface area contributed by atoms with Crippen molar-refractivity contribution in [1.29, 1.82) is 0 Å². The van der Waals surface area contributed by atoms with Gasteiger partial charge in [0, 0.05) is 28.6 Å². The second-order valence-corrected chi connectivity index (χ2v) is 5.18. The molecule has 0 saturated heterocycles. The number of carbonyl (C=O) groups excluding carboxylic acids is 1. The van der Waals surface area contributed by atoms with E-state index in [0.29, 0.717) is 5.69 Å². The van der Waals surface area contributed by atoms with Crippen molar-refractivity contribution in [1.82, 2.24) is 4.98 Å². The molecule has 0 aliphatic rings. The zero-order chi connectivity index (χ0) is 14.5. The first-order chi connectivity index (χ1) is 9.61. The molecule has 0 saturated carbocycles. The Kier molecular flexibility index (Phi) is 4.74. The summed E-state index contributed by atoms with van der Waals surface area (Å²) in [6, 6.07) is 9.27. The van der Waals surface area contributed by atoms with E-state index < -0.39 is 0 Å². The molecule has 4 nitrogen and oxygen atoms in total. The summed E-state index contributed by atoms with van der Waals surface area (Å²) in [4.78, 5) is 16.3. The van der Waals surface area contributed by atoms with E-state index in [9.17, 15) is 4.79 Å². The lowest BCUT2D eigenvalue weighted by molar-refractivity contribution is 0.102. The number of nitrogens with zero attached hydrogens (tertiary/aromatic N) is 1. The molecule has 0 bridgehead atoms. The van der Waals surface area contributed by atoms with Gasteiger partial charge < -0.3 is 10.6 Å². The lowest BCUT2D eigenvalue weighted by Gasteiger charge is -2.10. The maximum Gasteiger partial charge on any atom is 0.274 e. The minimum Gasteiger partial charge on any atom is -0.385 e. The number of hydrogen-bond donors (Lipinski definition) is 2. The molecule has 0 fully saturated rings. The van der Waals surface area contributed by atoms with Crippen LogP contribution in [0.2, 0.25) is 0 Å². The van der Waals surface area contributed by atoms with Gasteiger partial charge in [-0.3, -0.25) is 9.78 Å². The maximum atomic E-state index is 12.2. The molecule has 0 aliphatic heterocycles. The van der Waals surface area contributed by atoms with Crippen LogP contribution in [-0.4, -0.2) is 17.4 Å². The van der Waals surface area contributed by atoms with Crippen molar-refractivity contribution in [2.75, 3.05) is 17.2 Å². The van der Waals surface area contributed by atoms with Gasteiger partial charge in [0.25, 0.3) is 5.91 Å². The number of aromatic nitrogens is 1. The number of pyridine rings is 1. The lowest BCUT2D eigenvalue weighted by Crippen LogP contribution is -2.15. The van der Waals surface area contributed by atoms with Gasteiger partial charge in [0.05, 0.1) is 0 Å². The molecule has 0 atom stereocenters. The molecule has 2 N–H and O–H groups in total. The third kappa shape index (κ3) is 3.36. The predicted molar refractivity (Wildman–Crippen MR) is 85.2 cm³/mol. The largest absolute Gasteiger partial charge is 0.385 e. The number of rotatable bonds is 4. The lowest BCUT2D eigenvalue weighted by atomic mass is 10.2. The number of benzene rings is 1. The summed E-state index contributed by atoms with van der Waals surface area (Å²) in [7, 11) is 0. The molecule has 1 aromatic heterocycles. The monoisotopic (exact) mass is 333 g/mol. The highest BCUT2D eigenvalue weighted by molar-refractivity contribution is 9.10. The van der Waals surface area contributed by atoms with Crippen LogP contribution in [-0.2, 0) is 0 Å². The number of anilines is 2. The van der Waals surface area contributed by atoms with Crippen LogP contribution in [0.25, 0.3) is 0 Å². The SMILES string of the molecule is CCNc1ccnc(C(=O)Nc2cccc(Br)c2C)c1. The summed E-state index contributed by atoms with van der Waals surface area (Å²) < 4.78 is 0.963. The van der Waals surface area contributed by atoms with Gasteiger partial charge in [0.15, 0.2) is 0 Å². The highest BCUT2D eigenvalue weighted by atomic mass is 79.9. The Labute approximate surface area is 126 Å². The standard InChI is InChI=1S/C15H16BrN3O/c1-3-17-11-7-8-18-14(9-11)15(20)19-13-6-4-5-12(16)10(13)2/h4-9H,3H2,1-2H3,(H,17,18)(H,19,20).